The fraction of sp³-hybridized carbons (Fsp3) is 0.250. The predicted octanol–water partition coefficient (Wildman–Crippen LogP) is 3.12. The third-order valence-electron chi connectivity index (χ3n) is 1.51. The van der Waals surface area contributed by atoms with Crippen molar-refractivity contribution in [2.45, 2.75) is 12.8 Å². The molecule has 0 aliphatic rings. The van der Waals surface area contributed by atoms with Crippen molar-refractivity contribution in [3.05, 3.63) is 27.5 Å². The number of aromatic nitrogens is 1. The molecule has 0 aliphatic carbocycles. The van der Waals surface area contributed by atoms with Crippen molar-refractivity contribution in [1.82, 2.24) is 4.98 Å². The van der Waals surface area contributed by atoms with Gasteiger partial charge >= 0.3 is 0 Å². The van der Waals surface area contributed by atoms with Crippen molar-refractivity contribution in [3.63, 3.8) is 0 Å². The fourth-order valence-electron chi connectivity index (χ4n) is 0.829. The molecule has 0 fully saturated rings. The molecular weight excluding hydrogens is 239 g/mol. The normalized spacial score (nSPS) is 12.2. The first kappa shape index (κ1) is 9.50. The van der Waals surface area contributed by atoms with E-state index in [-0.39, 0.29) is 5.92 Å². The number of pyridine rings is 1. The molecule has 0 saturated carbocycles. The van der Waals surface area contributed by atoms with E-state index in [0.29, 0.717) is 5.15 Å². The van der Waals surface area contributed by atoms with Crippen molar-refractivity contribution in [1.29, 1.82) is 5.26 Å². The van der Waals surface area contributed by atoms with Gasteiger partial charge in [0.2, 0.25) is 0 Å². The molecule has 0 amide bonds. The minimum absolute atomic E-state index is 0.167. The second-order valence-electron chi connectivity index (χ2n) is 2.38. The molecule has 1 atom stereocenters. The lowest BCUT2D eigenvalue weighted by molar-refractivity contribution is 0.965. The Bertz CT molecular complexity index is 332. The molecule has 1 aromatic heterocycles. The van der Waals surface area contributed by atoms with Crippen LogP contribution in [0, 0.1) is 11.3 Å². The summed E-state index contributed by atoms with van der Waals surface area (Å²) in [5.41, 5.74) is 0.873. The Hall–Kier alpha value is -0.590. The summed E-state index contributed by atoms with van der Waals surface area (Å²) in [4.78, 5) is 3.87. The first-order valence-electron chi connectivity index (χ1n) is 3.35. The maximum absolute atomic E-state index is 8.67. The van der Waals surface area contributed by atoms with Crippen LogP contribution >= 0.6 is 27.5 Å². The SMILES string of the molecule is CC(C#N)c1cc(Cl)ncc1Br. The molecular formula is C8H6BrClN2. The van der Waals surface area contributed by atoms with Crippen LogP contribution in [0.25, 0.3) is 0 Å². The Kier molecular flexibility index (Phi) is 3.07. The molecule has 0 spiro atoms. The lowest BCUT2D eigenvalue weighted by Crippen LogP contribution is -1.92. The van der Waals surface area contributed by atoms with Crippen LogP contribution in [-0.4, -0.2) is 4.98 Å². The molecule has 62 valence electrons. The fourth-order valence-corrected chi connectivity index (χ4v) is 1.56. The van der Waals surface area contributed by atoms with Gasteiger partial charge in [0.1, 0.15) is 5.15 Å². The number of halogens is 2. The molecule has 4 heteroatoms. The minimum atomic E-state index is -0.167. The Morgan fingerprint density at radius 1 is 1.75 bits per heavy atom. The molecule has 0 bridgehead atoms. The number of hydrogen-bond donors (Lipinski definition) is 0. The molecule has 2 nitrogen and oxygen atoms in total. The van der Waals surface area contributed by atoms with Crippen molar-refractivity contribution in [2.24, 2.45) is 0 Å². The Morgan fingerprint density at radius 3 is 3.00 bits per heavy atom. The molecule has 1 heterocycles. The quantitative estimate of drug-likeness (QED) is 0.713. The molecule has 1 aromatic rings. The summed E-state index contributed by atoms with van der Waals surface area (Å²) in [5, 5.41) is 9.08. The molecule has 0 radical (unpaired) electrons. The van der Waals surface area contributed by atoms with E-state index in [9.17, 15) is 0 Å². The van der Waals surface area contributed by atoms with Crippen molar-refractivity contribution >= 4 is 27.5 Å². The Labute approximate surface area is 84.3 Å². The van der Waals surface area contributed by atoms with Gasteiger partial charge in [0.05, 0.1) is 12.0 Å². The van der Waals surface area contributed by atoms with E-state index in [2.05, 4.69) is 27.0 Å². The first-order chi connectivity index (χ1) is 5.65. The van der Waals surface area contributed by atoms with Gasteiger partial charge in [0, 0.05) is 10.7 Å². The van der Waals surface area contributed by atoms with Crippen LogP contribution in [0.2, 0.25) is 5.15 Å². The highest BCUT2D eigenvalue weighted by atomic mass is 79.9. The van der Waals surface area contributed by atoms with Crippen LogP contribution in [0.3, 0.4) is 0 Å². The van der Waals surface area contributed by atoms with Crippen LogP contribution in [-0.2, 0) is 0 Å². The highest BCUT2D eigenvalue weighted by Crippen LogP contribution is 2.25. The van der Waals surface area contributed by atoms with E-state index in [0.717, 1.165) is 10.0 Å². The van der Waals surface area contributed by atoms with Gasteiger partial charge in [-0.25, -0.2) is 4.98 Å². The van der Waals surface area contributed by atoms with E-state index in [1.165, 1.54) is 0 Å². The monoisotopic (exact) mass is 244 g/mol. The van der Waals surface area contributed by atoms with Crippen molar-refractivity contribution in [3.8, 4) is 6.07 Å². The van der Waals surface area contributed by atoms with Gasteiger partial charge in [-0.15, -0.1) is 0 Å². The molecule has 1 rings (SSSR count). The summed E-state index contributed by atoms with van der Waals surface area (Å²) in [5.74, 6) is -0.167. The van der Waals surface area contributed by atoms with Gasteiger partial charge in [-0.05, 0) is 34.5 Å². The molecule has 12 heavy (non-hydrogen) atoms. The molecule has 1 unspecified atom stereocenters. The number of hydrogen-bond acceptors (Lipinski definition) is 2. The zero-order chi connectivity index (χ0) is 9.14. The second kappa shape index (κ2) is 3.88. The Balaban J connectivity index is 3.15. The summed E-state index contributed by atoms with van der Waals surface area (Å²) in [7, 11) is 0. The smallest absolute Gasteiger partial charge is 0.129 e. The van der Waals surface area contributed by atoms with Gasteiger partial charge < -0.3 is 0 Å². The van der Waals surface area contributed by atoms with Crippen LogP contribution in [0.1, 0.15) is 18.4 Å². The first-order valence-corrected chi connectivity index (χ1v) is 4.53. The average molecular weight is 246 g/mol. The van der Waals surface area contributed by atoms with Crippen LogP contribution < -0.4 is 0 Å². The topological polar surface area (TPSA) is 36.7 Å². The average Bonchev–Trinajstić information content (AvgIpc) is 2.08. The number of nitriles is 1. The van der Waals surface area contributed by atoms with E-state index in [1.807, 2.05) is 6.92 Å². The third kappa shape index (κ3) is 1.96. The Morgan fingerprint density at radius 2 is 2.42 bits per heavy atom. The number of nitrogens with zero attached hydrogens (tertiary/aromatic N) is 2. The van der Waals surface area contributed by atoms with Gasteiger partial charge in [-0.3, -0.25) is 0 Å². The van der Waals surface area contributed by atoms with Gasteiger partial charge in [0.25, 0.3) is 0 Å². The highest BCUT2D eigenvalue weighted by molar-refractivity contribution is 9.10. The summed E-state index contributed by atoms with van der Waals surface area (Å²) < 4.78 is 0.820. The van der Waals surface area contributed by atoms with E-state index >= 15 is 0 Å². The predicted molar refractivity (Wildman–Crippen MR) is 51.0 cm³/mol. The second-order valence-corrected chi connectivity index (χ2v) is 3.62. The highest BCUT2D eigenvalue weighted by Gasteiger charge is 2.08. The maximum Gasteiger partial charge on any atom is 0.129 e. The summed E-state index contributed by atoms with van der Waals surface area (Å²) in [6, 6.07) is 3.83. The molecule has 0 aromatic carbocycles. The van der Waals surface area contributed by atoms with E-state index in [1.54, 1.807) is 12.3 Å². The van der Waals surface area contributed by atoms with Gasteiger partial charge in [-0.1, -0.05) is 11.6 Å². The summed E-state index contributed by atoms with van der Waals surface area (Å²) in [6.45, 7) is 1.82. The van der Waals surface area contributed by atoms with Crippen LogP contribution in [0.5, 0.6) is 0 Å². The molecule has 0 saturated heterocycles. The zero-order valence-corrected chi connectivity index (χ0v) is 8.72. The van der Waals surface area contributed by atoms with Crippen LogP contribution in [0.4, 0.5) is 0 Å². The number of rotatable bonds is 1. The summed E-state index contributed by atoms with van der Waals surface area (Å²) in [6.07, 6.45) is 1.60. The van der Waals surface area contributed by atoms with E-state index in [4.69, 9.17) is 16.9 Å². The minimum Gasteiger partial charge on any atom is -0.243 e. The summed E-state index contributed by atoms with van der Waals surface area (Å²) >= 11 is 8.98. The standard InChI is InChI=1S/C8H6BrClN2/c1-5(3-11)6-2-8(10)12-4-7(6)9/h2,4-5H,1H3. The lowest BCUT2D eigenvalue weighted by atomic mass is 10.1. The maximum atomic E-state index is 8.67. The van der Waals surface area contributed by atoms with Gasteiger partial charge in [-0.2, -0.15) is 5.26 Å². The van der Waals surface area contributed by atoms with Gasteiger partial charge in [0.15, 0.2) is 0 Å². The van der Waals surface area contributed by atoms with E-state index < -0.39 is 0 Å². The largest absolute Gasteiger partial charge is 0.243 e. The third-order valence-corrected chi connectivity index (χ3v) is 2.38. The van der Waals surface area contributed by atoms with Crippen LogP contribution in [0.15, 0.2) is 16.7 Å². The molecule has 0 N–H and O–H groups in total. The molecule has 0 aliphatic heterocycles. The van der Waals surface area contributed by atoms with Crippen molar-refractivity contribution in [2.75, 3.05) is 0 Å². The zero-order valence-electron chi connectivity index (χ0n) is 6.38. The lowest BCUT2D eigenvalue weighted by Gasteiger charge is -2.04. The van der Waals surface area contributed by atoms with Crippen molar-refractivity contribution < 1.29 is 0 Å².